The van der Waals surface area contributed by atoms with E-state index in [4.69, 9.17) is 0 Å². The third-order valence-electron chi connectivity index (χ3n) is 5.05. The molecule has 3 rings (SSSR count). The monoisotopic (exact) mass is 332 g/mol. The number of likely N-dealkylation sites (tertiary alicyclic amines) is 1. The van der Waals surface area contributed by atoms with Gasteiger partial charge in [0.05, 0.1) is 6.54 Å². The minimum Gasteiger partial charge on any atom is -0.355 e. The van der Waals surface area contributed by atoms with Crippen LogP contribution in [-0.2, 0) is 4.79 Å². The van der Waals surface area contributed by atoms with Gasteiger partial charge in [-0.1, -0.05) is 0 Å². The van der Waals surface area contributed by atoms with Crippen molar-refractivity contribution in [3.05, 3.63) is 18.5 Å². The molecular weight excluding hydrogens is 304 g/mol. The zero-order valence-electron chi connectivity index (χ0n) is 14.5. The number of hydrogen-bond donors (Lipinski definition) is 1. The molecule has 0 unspecified atom stereocenters. The molecule has 0 bridgehead atoms. The summed E-state index contributed by atoms with van der Waals surface area (Å²) < 4.78 is 0. The molecule has 1 N–H and O–H groups in total. The molecule has 2 aliphatic heterocycles. The average Bonchev–Trinajstić information content (AvgIpc) is 3.01. The van der Waals surface area contributed by atoms with Crippen LogP contribution >= 0.6 is 0 Å². The fourth-order valence-electron chi connectivity index (χ4n) is 3.54. The van der Waals surface area contributed by atoms with Gasteiger partial charge in [-0.05, 0) is 38.9 Å². The fourth-order valence-corrected chi connectivity index (χ4v) is 3.54. The van der Waals surface area contributed by atoms with Gasteiger partial charge in [-0.25, -0.2) is 9.97 Å². The second-order valence-electron chi connectivity index (χ2n) is 6.73. The number of anilines is 1. The van der Waals surface area contributed by atoms with Crippen LogP contribution in [0.4, 0.5) is 5.95 Å². The van der Waals surface area contributed by atoms with Gasteiger partial charge in [-0.3, -0.25) is 9.69 Å². The quantitative estimate of drug-likeness (QED) is 0.803. The summed E-state index contributed by atoms with van der Waals surface area (Å²) in [6.45, 7) is 5.94. The van der Waals surface area contributed by atoms with Crippen LogP contribution in [-0.4, -0.2) is 84.6 Å². The number of aromatic nitrogens is 2. The molecule has 7 heteroatoms. The summed E-state index contributed by atoms with van der Waals surface area (Å²) >= 11 is 0. The number of carbonyl (C=O) groups is 1. The highest BCUT2D eigenvalue weighted by molar-refractivity contribution is 5.78. The number of hydrogen-bond acceptors (Lipinski definition) is 6. The highest BCUT2D eigenvalue weighted by atomic mass is 16.2. The van der Waals surface area contributed by atoms with Crippen LogP contribution < -0.4 is 10.2 Å². The Balaban J connectivity index is 1.33. The molecule has 24 heavy (non-hydrogen) atoms. The lowest BCUT2D eigenvalue weighted by molar-refractivity contribution is -0.122. The van der Waals surface area contributed by atoms with E-state index in [1.54, 1.807) is 12.4 Å². The molecule has 1 amide bonds. The first-order valence-corrected chi connectivity index (χ1v) is 8.93. The molecule has 7 nitrogen and oxygen atoms in total. The molecule has 1 atom stereocenters. The second kappa shape index (κ2) is 8.39. The van der Waals surface area contributed by atoms with Gasteiger partial charge in [0, 0.05) is 51.2 Å². The number of carbonyl (C=O) groups excluding carboxylic acids is 1. The Hall–Kier alpha value is -1.73. The van der Waals surface area contributed by atoms with Gasteiger partial charge in [0.25, 0.3) is 0 Å². The summed E-state index contributed by atoms with van der Waals surface area (Å²) in [6.07, 6.45) is 7.13. The first-order chi connectivity index (χ1) is 11.7. The molecule has 2 aliphatic rings. The fraction of sp³-hybridized carbons (Fsp3) is 0.706. The van der Waals surface area contributed by atoms with Crippen molar-refractivity contribution in [3.63, 3.8) is 0 Å². The topological polar surface area (TPSA) is 64.6 Å². The van der Waals surface area contributed by atoms with Crippen molar-refractivity contribution < 1.29 is 4.79 Å². The predicted octanol–water partition coefficient (Wildman–Crippen LogP) is 0.199. The highest BCUT2D eigenvalue weighted by Crippen LogP contribution is 2.17. The van der Waals surface area contributed by atoms with Gasteiger partial charge in [0.1, 0.15) is 0 Å². The number of rotatable bonds is 6. The second-order valence-corrected chi connectivity index (χ2v) is 6.73. The minimum atomic E-state index is 0.139. The zero-order valence-corrected chi connectivity index (χ0v) is 14.5. The Kier molecular flexibility index (Phi) is 5.98. The summed E-state index contributed by atoms with van der Waals surface area (Å²) in [7, 11) is 2.18. The SMILES string of the molecule is CN1CCC[C@@H]1CCNC(=O)CN1CCN(c2ncccn2)CC1. The number of amides is 1. The van der Waals surface area contributed by atoms with Crippen LogP contribution in [0.1, 0.15) is 19.3 Å². The molecule has 132 valence electrons. The number of nitrogens with one attached hydrogen (secondary N) is 1. The van der Waals surface area contributed by atoms with E-state index in [1.807, 2.05) is 6.07 Å². The lowest BCUT2D eigenvalue weighted by atomic mass is 10.1. The van der Waals surface area contributed by atoms with E-state index in [-0.39, 0.29) is 5.91 Å². The Morgan fingerprint density at radius 3 is 2.62 bits per heavy atom. The van der Waals surface area contributed by atoms with Crippen LogP contribution in [0.25, 0.3) is 0 Å². The largest absolute Gasteiger partial charge is 0.355 e. The summed E-state index contributed by atoms with van der Waals surface area (Å²) in [5, 5.41) is 3.07. The number of nitrogens with zero attached hydrogens (tertiary/aromatic N) is 5. The Bertz CT molecular complexity index is 517. The smallest absolute Gasteiger partial charge is 0.234 e. The molecule has 0 aromatic carbocycles. The maximum Gasteiger partial charge on any atom is 0.234 e. The molecule has 0 spiro atoms. The molecule has 0 radical (unpaired) electrons. The van der Waals surface area contributed by atoms with Crippen molar-refractivity contribution >= 4 is 11.9 Å². The van der Waals surface area contributed by atoms with E-state index >= 15 is 0 Å². The van der Waals surface area contributed by atoms with E-state index in [1.165, 1.54) is 19.4 Å². The van der Waals surface area contributed by atoms with Crippen molar-refractivity contribution in [1.82, 2.24) is 25.1 Å². The van der Waals surface area contributed by atoms with Gasteiger partial charge < -0.3 is 15.1 Å². The van der Waals surface area contributed by atoms with Crippen LogP contribution in [0.2, 0.25) is 0 Å². The molecular formula is C17H28N6O. The molecule has 0 aliphatic carbocycles. The summed E-state index contributed by atoms with van der Waals surface area (Å²) in [5.41, 5.74) is 0. The predicted molar refractivity (Wildman–Crippen MR) is 94.0 cm³/mol. The zero-order chi connectivity index (χ0) is 16.8. The molecule has 2 saturated heterocycles. The first kappa shape index (κ1) is 17.1. The van der Waals surface area contributed by atoms with E-state index in [0.29, 0.717) is 12.6 Å². The van der Waals surface area contributed by atoms with E-state index in [0.717, 1.165) is 45.1 Å². The van der Waals surface area contributed by atoms with Crippen molar-refractivity contribution in [2.24, 2.45) is 0 Å². The summed E-state index contributed by atoms with van der Waals surface area (Å²) in [5.74, 6) is 0.919. The minimum absolute atomic E-state index is 0.139. The van der Waals surface area contributed by atoms with Crippen LogP contribution in [0, 0.1) is 0 Å². The first-order valence-electron chi connectivity index (χ1n) is 8.93. The molecule has 3 heterocycles. The Morgan fingerprint density at radius 1 is 1.21 bits per heavy atom. The summed E-state index contributed by atoms with van der Waals surface area (Å²) in [4.78, 5) is 27.5. The standard InChI is InChI=1S/C17H28N6O/c1-21-9-2-4-15(21)5-8-18-16(24)14-22-10-12-23(13-11-22)17-19-6-3-7-20-17/h3,6-7,15H,2,4-5,8-14H2,1H3,(H,18,24)/t15-/m1/s1. The van der Waals surface area contributed by atoms with E-state index in [2.05, 4.69) is 37.0 Å². The maximum absolute atomic E-state index is 12.1. The van der Waals surface area contributed by atoms with Gasteiger partial charge >= 0.3 is 0 Å². The third kappa shape index (κ3) is 4.64. The Labute approximate surface area is 144 Å². The number of piperazine rings is 1. The van der Waals surface area contributed by atoms with Crippen molar-refractivity contribution in [3.8, 4) is 0 Å². The molecule has 2 fully saturated rings. The molecule has 1 aromatic rings. The third-order valence-corrected chi connectivity index (χ3v) is 5.05. The van der Waals surface area contributed by atoms with Crippen LogP contribution in [0.5, 0.6) is 0 Å². The van der Waals surface area contributed by atoms with Crippen LogP contribution in [0.3, 0.4) is 0 Å². The van der Waals surface area contributed by atoms with Crippen molar-refractivity contribution in [2.45, 2.75) is 25.3 Å². The molecule has 1 aromatic heterocycles. The maximum atomic E-state index is 12.1. The van der Waals surface area contributed by atoms with Gasteiger partial charge in [0.2, 0.25) is 11.9 Å². The van der Waals surface area contributed by atoms with Gasteiger partial charge in [-0.15, -0.1) is 0 Å². The lowest BCUT2D eigenvalue weighted by Crippen LogP contribution is -2.50. The lowest BCUT2D eigenvalue weighted by Gasteiger charge is -2.34. The van der Waals surface area contributed by atoms with Crippen molar-refractivity contribution in [2.75, 3.05) is 57.8 Å². The normalized spacial score (nSPS) is 22.7. The average molecular weight is 332 g/mol. The van der Waals surface area contributed by atoms with Gasteiger partial charge in [0.15, 0.2) is 0 Å². The van der Waals surface area contributed by atoms with E-state index in [9.17, 15) is 4.79 Å². The molecule has 0 saturated carbocycles. The van der Waals surface area contributed by atoms with Crippen LogP contribution in [0.15, 0.2) is 18.5 Å². The summed E-state index contributed by atoms with van der Waals surface area (Å²) in [6, 6.07) is 2.47. The highest BCUT2D eigenvalue weighted by Gasteiger charge is 2.22. The van der Waals surface area contributed by atoms with Crippen molar-refractivity contribution in [1.29, 1.82) is 0 Å². The van der Waals surface area contributed by atoms with Gasteiger partial charge in [-0.2, -0.15) is 0 Å². The van der Waals surface area contributed by atoms with E-state index < -0.39 is 0 Å². The Morgan fingerprint density at radius 2 is 1.96 bits per heavy atom.